The predicted octanol–water partition coefficient (Wildman–Crippen LogP) is 2.43. The molecule has 0 unspecified atom stereocenters. The van der Waals surface area contributed by atoms with Crippen LogP contribution in [0.25, 0.3) is 0 Å². The molecule has 17 heavy (non-hydrogen) atoms. The minimum atomic E-state index is -4.34. The van der Waals surface area contributed by atoms with Gasteiger partial charge in [-0.25, -0.2) is 0 Å². The van der Waals surface area contributed by atoms with E-state index in [9.17, 15) is 18.0 Å². The third-order valence-electron chi connectivity index (χ3n) is 2.02. The lowest BCUT2D eigenvalue weighted by Gasteiger charge is -2.20. The van der Waals surface area contributed by atoms with Gasteiger partial charge in [0.25, 0.3) is 0 Å². The molecule has 7 heteroatoms. The molecule has 0 atom stereocenters. The summed E-state index contributed by atoms with van der Waals surface area (Å²) in [4.78, 5) is 13.1. The molecule has 0 aliphatic rings. The molecular formula is C10H17ClF3NO2. The molecule has 0 radical (unpaired) electrons. The van der Waals surface area contributed by atoms with Gasteiger partial charge in [-0.15, -0.1) is 11.6 Å². The number of amides is 1. The van der Waals surface area contributed by atoms with E-state index in [-0.39, 0.29) is 18.9 Å². The summed E-state index contributed by atoms with van der Waals surface area (Å²) in [6.07, 6.45) is -3.71. The zero-order valence-electron chi connectivity index (χ0n) is 9.73. The van der Waals surface area contributed by atoms with Gasteiger partial charge in [-0.1, -0.05) is 0 Å². The summed E-state index contributed by atoms with van der Waals surface area (Å²) >= 11 is 5.50. The van der Waals surface area contributed by atoms with Crippen molar-refractivity contribution in [1.82, 2.24) is 4.90 Å². The number of hydrogen-bond acceptors (Lipinski definition) is 2. The quantitative estimate of drug-likeness (QED) is 0.503. The van der Waals surface area contributed by atoms with Gasteiger partial charge < -0.3 is 9.64 Å². The molecule has 0 saturated carbocycles. The van der Waals surface area contributed by atoms with Crippen molar-refractivity contribution >= 4 is 17.5 Å². The number of hydrogen-bond donors (Lipinski definition) is 0. The van der Waals surface area contributed by atoms with Crippen LogP contribution >= 0.6 is 11.6 Å². The van der Waals surface area contributed by atoms with E-state index in [1.807, 2.05) is 6.92 Å². The van der Waals surface area contributed by atoms with Gasteiger partial charge in [0.05, 0.1) is 13.0 Å². The lowest BCUT2D eigenvalue weighted by atomic mass is 10.3. The molecule has 0 spiro atoms. The second-order valence-corrected chi connectivity index (χ2v) is 3.81. The normalized spacial score (nSPS) is 11.6. The summed E-state index contributed by atoms with van der Waals surface area (Å²) in [6.45, 7) is 1.33. The molecule has 0 aromatic heterocycles. The van der Waals surface area contributed by atoms with Crippen LogP contribution in [0, 0.1) is 0 Å². The molecule has 0 heterocycles. The van der Waals surface area contributed by atoms with E-state index in [2.05, 4.69) is 4.74 Å². The van der Waals surface area contributed by atoms with Gasteiger partial charge in [0.2, 0.25) is 5.91 Å². The zero-order chi connectivity index (χ0) is 13.3. The summed E-state index contributed by atoms with van der Waals surface area (Å²) in [6, 6.07) is 0. The van der Waals surface area contributed by atoms with E-state index in [0.29, 0.717) is 25.4 Å². The maximum absolute atomic E-state index is 11.7. The van der Waals surface area contributed by atoms with Gasteiger partial charge in [0, 0.05) is 19.0 Å². The number of rotatable bonds is 8. The van der Waals surface area contributed by atoms with Crippen LogP contribution in [0.4, 0.5) is 13.2 Å². The van der Waals surface area contributed by atoms with E-state index in [0.717, 1.165) is 0 Å². The van der Waals surface area contributed by atoms with Crippen molar-refractivity contribution in [1.29, 1.82) is 0 Å². The summed E-state index contributed by atoms with van der Waals surface area (Å²) in [5, 5.41) is 0. The van der Waals surface area contributed by atoms with Crippen molar-refractivity contribution in [3.05, 3.63) is 0 Å². The Morgan fingerprint density at radius 3 is 2.53 bits per heavy atom. The van der Waals surface area contributed by atoms with Gasteiger partial charge in [-0.05, 0) is 13.3 Å². The highest BCUT2D eigenvalue weighted by atomic mass is 35.5. The van der Waals surface area contributed by atoms with Crippen LogP contribution in [0.2, 0.25) is 0 Å². The lowest BCUT2D eigenvalue weighted by molar-refractivity contribution is -0.175. The molecule has 1 amide bonds. The number of nitrogens with zero attached hydrogens (tertiary/aromatic N) is 1. The lowest BCUT2D eigenvalue weighted by Crippen LogP contribution is -2.33. The van der Waals surface area contributed by atoms with Gasteiger partial charge in [-0.2, -0.15) is 13.2 Å². The Morgan fingerprint density at radius 2 is 2.06 bits per heavy atom. The largest absolute Gasteiger partial charge is 0.411 e. The number of halogens is 4. The number of carbonyl (C=O) groups excluding carboxylic acids is 1. The SMILES string of the molecule is CCN(CCCCl)C(=O)CCOCC(F)(F)F. The minimum absolute atomic E-state index is 0.0355. The van der Waals surface area contributed by atoms with Crippen molar-refractivity contribution in [2.45, 2.75) is 25.9 Å². The van der Waals surface area contributed by atoms with Gasteiger partial charge in [0.1, 0.15) is 6.61 Å². The van der Waals surface area contributed by atoms with Gasteiger partial charge in [0.15, 0.2) is 0 Å². The molecule has 0 aromatic carbocycles. The highest BCUT2D eigenvalue weighted by Crippen LogP contribution is 2.14. The third kappa shape index (κ3) is 9.23. The molecule has 3 nitrogen and oxygen atoms in total. The Kier molecular flexibility index (Phi) is 8.33. The van der Waals surface area contributed by atoms with Crippen LogP contribution in [0.3, 0.4) is 0 Å². The van der Waals surface area contributed by atoms with Crippen LogP contribution in [0.1, 0.15) is 19.8 Å². The average Bonchev–Trinajstić information content (AvgIpc) is 2.24. The Labute approximate surface area is 104 Å². The molecule has 0 saturated heterocycles. The maximum Gasteiger partial charge on any atom is 0.411 e. The first-order valence-corrected chi connectivity index (χ1v) is 5.92. The number of ether oxygens (including phenoxy) is 1. The van der Waals surface area contributed by atoms with E-state index in [1.165, 1.54) is 0 Å². The van der Waals surface area contributed by atoms with Gasteiger partial charge in [-0.3, -0.25) is 4.79 Å². The summed E-state index contributed by atoms with van der Waals surface area (Å²) in [7, 11) is 0. The Balaban J connectivity index is 3.75. The topological polar surface area (TPSA) is 29.5 Å². The van der Waals surface area contributed by atoms with Crippen LogP contribution in [-0.4, -0.2) is 49.2 Å². The molecule has 0 aliphatic heterocycles. The van der Waals surface area contributed by atoms with E-state index < -0.39 is 12.8 Å². The molecule has 0 bridgehead atoms. The first-order valence-electron chi connectivity index (χ1n) is 5.39. The van der Waals surface area contributed by atoms with Crippen molar-refractivity contribution in [2.24, 2.45) is 0 Å². The Bertz CT molecular complexity index is 224. The standard InChI is InChI=1S/C10H17ClF3NO2/c1-2-15(6-3-5-11)9(16)4-7-17-8-10(12,13)14/h2-8H2,1H3. The van der Waals surface area contributed by atoms with Crippen LogP contribution in [0.15, 0.2) is 0 Å². The monoisotopic (exact) mass is 275 g/mol. The van der Waals surface area contributed by atoms with Crippen molar-refractivity contribution in [3.8, 4) is 0 Å². The second-order valence-electron chi connectivity index (χ2n) is 3.43. The van der Waals surface area contributed by atoms with E-state index >= 15 is 0 Å². The van der Waals surface area contributed by atoms with Crippen LogP contribution < -0.4 is 0 Å². The summed E-state index contributed by atoms with van der Waals surface area (Å²) < 4.78 is 39.6. The van der Waals surface area contributed by atoms with E-state index in [1.54, 1.807) is 4.90 Å². The number of carbonyl (C=O) groups is 1. The van der Waals surface area contributed by atoms with Crippen molar-refractivity contribution in [2.75, 3.05) is 32.2 Å². The van der Waals surface area contributed by atoms with Crippen molar-refractivity contribution in [3.63, 3.8) is 0 Å². The minimum Gasteiger partial charge on any atom is -0.372 e. The fourth-order valence-corrected chi connectivity index (χ4v) is 1.33. The molecule has 0 fully saturated rings. The third-order valence-corrected chi connectivity index (χ3v) is 2.29. The van der Waals surface area contributed by atoms with Crippen LogP contribution in [-0.2, 0) is 9.53 Å². The first-order chi connectivity index (χ1) is 7.90. The Morgan fingerprint density at radius 1 is 1.41 bits per heavy atom. The molecule has 0 N–H and O–H groups in total. The molecule has 0 aromatic rings. The van der Waals surface area contributed by atoms with Gasteiger partial charge >= 0.3 is 6.18 Å². The fraction of sp³-hybridized carbons (Fsp3) is 0.900. The van der Waals surface area contributed by atoms with E-state index in [4.69, 9.17) is 11.6 Å². The summed E-state index contributed by atoms with van der Waals surface area (Å²) in [5.41, 5.74) is 0. The second kappa shape index (κ2) is 8.58. The highest BCUT2D eigenvalue weighted by Gasteiger charge is 2.27. The number of alkyl halides is 4. The molecule has 0 rings (SSSR count). The first kappa shape index (κ1) is 16.5. The molecule has 0 aliphatic carbocycles. The Hall–Kier alpha value is -0.490. The zero-order valence-corrected chi connectivity index (χ0v) is 10.5. The highest BCUT2D eigenvalue weighted by molar-refractivity contribution is 6.17. The van der Waals surface area contributed by atoms with Crippen molar-refractivity contribution < 1.29 is 22.7 Å². The molecular weight excluding hydrogens is 259 g/mol. The summed E-state index contributed by atoms with van der Waals surface area (Å²) in [5.74, 6) is 0.244. The fourth-order valence-electron chi connectivity index (χ4n) is 1.22. The maximum atomic E-state index is 11.7. The molecule has 102 valence electrons. The van der Waals surface area contributed by atoms with Crippen LogP contribution in [0.5, 0.6) is 0 Å². The predicted molar refractivity (Wildman–Crippen MR) is 59.1 cm³/mol. The average molecular weight is 276 g/mol. The smallest absolute Gasteiger partial charge is 0.372 e.